The molecule has 3 amide bonds. The van der Waals surface area contributed by atoms with Crippen LogP contribution in [0.4, 0.5) is 5.69 Å². The molecule has 0 spiro atoms. The summed E-state index contributed by atoms with van der Waals surface area (Å²) in [4.78, 5) is 47.9. The van der Waals surface area contributed by atoms with Gasteiger partial charge < -0.3 is 20.5 Å². The number of rotatable bonds is 7. The number of amides is 3. The molecule has 0 bridgehead atoms. The molecule has 0 heterocycles. The highest BCUT2D eigenvalue weighted by Gasteiger charge is 2.16. The predicted molar refractivity (Wildman–Crippen MR) is 128 cm³/mol. The van der Waals surface area contributed by atoms with E-state index in [1.54, 1.807) is 55.5 Å². The van der Waals surface area contributed by atoms with Gasteiger partial charge in [0.25, 0.3) is 0 Å². The van der Waals surface area contributed by atoms with E-state index < -0.39 is 23.7 Å². The highest BCUT2D eigenvalue weighted by molar-refractivity contribution is 6.39. The monoisotopic (exact) mass is 474 g/mol. The molecule has 0 aliphatic rings. The number of nitrogens with two attached hydrogens (primary N) is 1. The van der Waals surface area contributed by atoms with E-state index in [4.69, 9.17) is 15.2 Å². The summed E-state index contributed by atoms with van der Waals surface area (Å²) in [5.74, 6) is -2.35. The third-order valence-corrected chi connectivity index (χ3v) is 4.76. The largest absolute Gasteiger partial charge is 0.497 e. The number of methoxy groups -OCH3 is 1. The smallest absolute Gasteiger partial charge is 0.343 e. The Morgan fingerprint density at radius 2 is 1.46 bits per heavy atom. The van der Waals surface area contributed by atoms with Crippen LogP contribution < -0.4 is 25.9 Å². The molecule has 3 aromatic carbocycles. The average Bonchev–Trinajstić information content (AvgIpc) is 2.87. The van der Waals surface area contributed by atoms with Crippen LogP contribution in [-0.4, -0.2) is 36.5 Å². The minimum atomic E-state index is -1.02. The van der Waals surface area contributed by atoms with Crippen LogP contribution in [0.25, 0.3) is 0 Å². The van der Waals surface area contributed by atoms with Gasteiger partial charge in [-0.3, -0.25) is 14.4 Å². The second-order valence-corrected chi connectivity index (χ2v) is 7.15. The fraction of sp³-hybridized carbons (Fsp3) is 0.0800. The van der Waals surface area contributed by atoms with Gasteiger partial charge in [-0.2, -0.15) is 5.10 Å². The van der Waals surface area contributed by atoms with Crippen molar-refractivity contribution in [2.75, 3.05) is 12.4 Å². The first-order valence-corrected chi connectivity index (χ1v) is 10.3. The minimum absolute atomic E-state index is 0.225. The number of nitrogens with zero attached hydrogens (tertiary/aromatic N) is 1. The van der Waals surface area contributed by atoms with Crippen LogP contribution in [0.2, 0.25) is 0 Å². The first-order valence-electron chi connectivity index (χ1n) is 10.3. The van der Waals surface area contributed by atoms with Crippen molar-refractivity contribution in [2.24, 2.45) is 10.8 Å². The number of anilines is 1. The summed E-state index contributed by atoms with van der Waals surface area (Å²) in [6.07, 6.45) is 0. The van der Waals surface area contributed by atoms with Gasteiger partial charge >= 0.3 is 17.8 Å². The maximum Gasteiger partial charge on any atom is 0.343 e. The summed E-state index contributed by atoms with van der Waals surface area (Å²) in [5, 5.41) is 6.33. The topological polar surface area (TPSA) is 149 Å². The lowest BCUT2D eigenvalue weighted by Crippen LogP contribution is -2.33. The van der Waals surface area contributed by atoms with Gasteiger partial charge in [-0.1, -0.05) is 12.1 Å². The molecule has 35 heavy (non-hydrogen) atoms. The molecule has 10 heteroatoms. The molecule has 0 fully saturated rings. The van der Waals surface area contributed by atoms with Crippen molar-refractivity contribution in [3.63, 3.8) is 0 Å². The highest BCUT2D eigenvalue weighted by Crippen LogP contribution is 2.21. The number of hydrogen-bond donors (Lipinski definition) is 3. The summed E-state index contributed by atoms with van der Waals surface area (Å²) < 4.78 is 10.6. The van der Waals surface area contributed by atoms with E-state index in [9.17, 15) is 19.2 Å². The predicted octanol–water partition coefficient (Wildman–Crippen LogP) is 2.49. The Hall–Kier alpha value is -4.99. The zero-order valence-electron chi connectivity index (χ0n) is 18.9. The maximum absolute atomic E-state index is 12.5. The van der Waals surface area contributed by atoms with Gasteiger partial charge in [0.2, 0.25) is 5.91 Å². The Morgan fingerprint density at radius 3 is 2.09 bits per heavy atom. The number of hydrogen-bond acceptors (Lipinski definition) is 7. The Bertz CT molecular complexity index is 1280. The number of primary amides is 1. The number of esters is 1. The first-order chi connectivity index (χ1) is 16.8. The van der Waals surface area contributed by atoms with Crippen molar-refractivity contribution in [1.29, 1.82) is 0 Å². The SMILES string of the molecule is COc1ccc(C(=O)Oc2ccccc2/C(C)=N/NC(=O)C(=O)Nc2ccc(C(N)=O)cc2)cc1. The number of benzene rings is 3. The Morgan fingerprint density at radius 1 is 0.829 bits per heavy atom. The number of hydrazone groups is 1. The lowest BCUT2D eigenvalue weighted by molar-refractivity contribution is -0.136. The van der Waals surface area contributed by atoms with Crippen molar-refractivity contribution in [2.45, 2.75) is 6.92 Å². The van der Waals surface area contributed by atoms with Gasteiger partial charge in [-0.25, -0.2) is 10.2 Å². The van der Waals surface area contributed by atoms with Crippen LogP contribution in [-0.2, 0) is 9.59 Å². The minimum Gasteiger partial charge on any atom is -0.497 e. The molecule has 0 unspecified atom stereocenters. The van der Waals surface area contributed by atoms with Gasteiger partial charge in [-0.05, 0) is 67.6 Å². The van der Waals surface area contributed by atoms with Crippen molar-refractivity contribution in [3.05, 3.63) is 89.5 Å². The Kier molecular flexibility index (Phi) is 7.91. The van der Waals surface area contributed by atoms with Crippen LogP contribution >= 0.6 is 0 Å². The molecule has 0 radical (unpaired) electrons. The second kappa shape index (κ2) is 11.2. The first kappa shape index (κ1) is 24.6. The molecule has 0 saturated carbocycles. The molecular weight excluding hydrogens is 452 g/mol. The van der Waals surface area contributed by atoms with E-state index in [2.05, 4.69) is 15.8 Å². The number of carbonyl (C=O) groups excluding carboxylic acids is 4. The standard InChI is InChI=1S/C25H22N4O6/c1-15(28-29-24(32)23(31)27-18-11-7-16(8-12-18)22(26)30)20-5-3-4-6-21(20)35-25(33)17-9-13-19(34-2)14-10-17/h3-14H,1-2H3,(H2,26,30)(H,27,31)(H,29,32)/b28-15+. The third-order valence-electron chi connectivity index (χ3n) is 4.76. The molecule has 0 saturated heterocycles. The maximum atomic E-state index is 12.5. The number of ether oxygens (including phenoxy) is 2. The van der Waals surface area contributed by atoms with Crippen molar-refractivity contribution in [3.8, 4) is 11.5 Å². The van der Waals surface area contributed by atoms with Gasteiger partial charge in [0.1, 0.15) is 11.5 Å². The third kappa shape index (κ3) is 6.51. The molecular formula is C25H22N4O6. The lowest BCUT2D eigenvalue weighted by Gasteiger charge is -2.10. The quantitative estimate of drug-likeness (QED) is 0.157. The van der Waals surface area contributed by atoms with Gasteiger partial charge in [0.15, 0.2) is 0 Å². The fourth-order valence-electron chi connectivity index (χ4n) is 2.89. The Labute approximate surface area is 200 Å². The molecule has 4 N–H and O–H groups in total. The highest BCUT2D eigenvalue weighted by atomic mass is 16.5. The molecule has 0 atom stereocenters. The normalized spacial score (nSPS) is 10.7. The van der Waals surface area contributed by atoms with Crippen LogP contribution in [0, 0.1) is 0 Å². The molecule has 3 aromatic rings. The number of carbonyl (C=O) groups is 4. The van der Waals surface area contributed by atoms with Crippen LogP contribution in [0.15, 0.2) is 77.9 Å². The molecule has 10 nitrogen and oxygen atoms in total. The van der Waals surface area contributed by atoms with Crippen LogP contribution in [0.5, 0.6) is 11.5 Å². The van der Waals surface area contributed by atoms with E-state index in [0.717, 1.165) is 0 Å². The number of para-hydroxylation sites is 1. The summed E-state index contributed by atoms with van der Waals surface area (Å²) in [5.41, 5.74) is 8.96. The van der Waals surface area contributed by atoms with Crippen molar-refractivity contribution in [1.82, 2.24) is 5.43 Å². The van der Waals surface area contributed by atoms with Crippen molar-refractivity contribution < 1.29 is 28.7 Å². The summed E-state index contributed by atoms with van der Waals surface area (Å²) in [7, 11) is 1.52. The average molecular weight is 474 g/mol. The van der Waals surface area contributed by atoms with E-state index in [0.29, 0.717) is 28.3 Å². The van der Waals surface area contributed by atoms with Gasteiger partial charge in [0.05, 0.1) is 18.4 Å². The fourth-order valence-corrected chi connectivity index (χ4v) is 2.89. The number of nitrogens with one attached hydrogen (secondary N) is 2. The second-order valence-electron chi connectivity index (χ2n) is 7.15. The van der Waals surface area contributed by atoms with E-state index in [1.807, 2.05) is 0 Å². The van der Waals surface area contributed by atoms with Gasteiger partial charge in [-0.15, -0.1) is 0 Å². The molecule has 0 aliphatic carbocycles. The zero-order chi connectivity index (χ0) is 25.4. The van der Waals surface area contributed by atoms with E-state index in [1.165, 1.54) is 31.4 Å². The molecule has 3 rings (SSSR count). The van der Waals surface area contributed by atoms with E-state index >= 15 is 0 Å². The summed E-state index contributed by atoms with van der Waals surface area (Å²) in [6.45, 7) is 1.58. The van der Waals surface area contributed by atoms with Crippen LogP contribution in [0.1, 0.15) is 33.2 Å². The lowest BCUT2D eigenvalue weighted by atomic mass is 10.1. The zero-order valence-corrected chi connectivity index (χ0v) is 18.9. The summed E-state index contributed by atoms with van der Waals surface area (Å²) in [6, 6.07) is 18.8. The molecule has 0 aliphatic heterocycles. The Balaban J connectivity index is 1.65. The van der Waals surface area contributed by atoms with Gasteiger partial charge in [0, 0.05) is 16.8 Å². The van der Waals surface area contributed by atoms with Crippen molar-refractivity contribution >= 4 is 35.1 Å². The molecule has 178 valence electrons. The molecule has 0 aromatic heterocycles. The summed E-state index contributed by atoms with van der Waals surface area (Å²) >= 11 is 0. The van der Waals surface area contributed by atoms with Crippen LogP contribution in [0.3, 0.4) is 0 Å². The van der Waals surface area contributed by atoms with E-state index in [-0.39, 0.29) is 11.3 Å².